The number of nitrogens with zero attached hydrogens (tertiary/aromatic N) is 3. The van der Waals surface area contributed by atoms with Crippen molar-refractivity contribution < 1.29 is 0 Å². The highest BCUT2D eigenvalue weighted by molar-refractivity contribution is 6.21. The van der Waals surface area contributed by atoms with Gasteiger partial charge in [-0.1, -0.05) is 103 Å². The molecule has 0 amide bonds. The molecule has 0 aliphatic rings. The second kappa shape index (κ2) is 10.9. The summed E-state index contributed by atoms with van der Waals surface area (Å²) in [4.78, 5) is 8.28. The number of H-pyrrole nitrogens is 1. The highest BCUT2D eigenvalue weighted by atomic mass is 15.2. The number of hydrogen-bond acceptors (Lipinski definition) is 1. The molecule has 222 valence electrons. The number of hydrogen-bond donors (Lipinski definition) is 2. The first-order chi connectivity index (χ1) is 23.2. The molecule has 5 heteroatoms. The van der Waals surface area contributed by atoms with Gasteiger partial charge in [0.15, 0.2) is 0 Å². The van der Waals surface area contributed by atoms with Crippen molar-refractivity contribution in [2.45, 2.75) is 0 Å². The highest BCUT2D eigenvalue weighted by Gasteiger charge is 2.18. The molecule has 2 N–H and O–H groups in total. The molecule has 0 bridgehead atoms. The molecule has 9 rings (SSSR count). The summed E-state index contributed by atoms with van der Waals surface area (Å²) in [7, 11) is 0. The SMILES string of the molecule is N=C(N=c1[nH]cccc1-c1ccc(-c2ccc3ccccc3c2)cc1)n1c2ccccc2c2ccc3c(ccn3-c3ccccc3)c21. The summed E-state index contributed by atoms with van der Waals surface area (Å²) in [6.45, 7) is 0. The van der Waals surface area contributed by atoms with Gasteiger partial charge in [0, 0.05) is 39.8 Å². The van der Waals surface area contributed by atoms with Gasteiger partial charge in [-0.15, -0.1) is 0 Å². The van der Waals surface area contributed by atoms with Crippen LogP contribution in [0.1, 0.15) is 0 Å². The van der Waals surface area contributed by atoms with E-state index in [4.69, 9.17) is 4.99 Å². The largest absolute Gasteiger partial charge is 0.346 e. The summed E-state index contributed by atoms with van der Waals surface area (Å²) >= 11 is 0. The molecule has 0 aliphatic heterocycles. The van der Waals surface area contributed by atoms with E-state index in [0.29, 0.717) is 5.49 Å². The van der Waals surface area contributed by atoms with Crippen LogP contribution < -0.4 is 5.49 Å². The molecule has 6 aromatic carbocycles. The second-order valence-corrected chi connectivity index (χ2v) is 11.8. The molecule has 0 unspecified atom stereocenters. The van der Waals surface area contributed by atoms with E-state index >= 15 is 0 Å². The normalized spacial score (nSPS) is 12.0. The van der Waals surface area contributed by atoms with Crippen LogP contribution in [0, 0.1) is 5.41 Å². The number of benzene rings is 6. The van der Waals surface area contributed by atoms with E-state index in [1.54, 1.807) is 0 Å². The molecular formula is C42H29N5. The van der Waals surface area contributed by atoms with E-state index in [2.05, 4.69) is 149 Å². The highest BCUT2D eigenvalue weighted by Crippen LogP contribution is 2.35. The summed E-state index contributed by atoms with van der Waals surface area (Å²) in [5, 5.41) is 15.2. The minimum atomic E-state index is 0.146. The van der Waals surface area contributed by atoms with Crippen LogP contribution >= 0.6 is 0 Å². The Bertz CT molecular complexity index is 2690. The van der Waals surface area contributed by atoms with E-state index < -0.39 is 0 Å². The molecule has 9 aromatic rings. The topological polar surface area (TPSA) is 61.9 Å². The summed E-state index contributed by atoms with van der Waals surface area (Å²) < 4.78 is 4.18. The first kappa shape index (κ1) is 26.9. The molecule has 5 nitrogen and oxygen atoms in total. The molecule has 0 radical (unpaired) electrons. The van der Waals surface area contributed by atoms with Crippen LogP contribution in [0.2, 0.25) is 0 Å². The minimum absolute atomic E-state index is 0.146. The Morgan fingerprint density at radius 3 is 2.17 bits per heavy atom. The maximum Gasteiger partial charge on any atom is 0.229 e. The van der Waals surface area contributed by atoms with Gasteiger partial charge in [-0.3, -0.25) is 9.98 Å². The van der Waals surface area contributed by atoms with E-state index in [9.17, 15) is 5.41 Å². The fraction of sp³-hybridized carbons (Fsp3) is 0. The third-order valence-corrected chi connectivity index (χ3v) is 9.08. The van der Waals surface area contributed by atoms with Gasteiger partial charge in [0.25, 0.3) is 0 Å². The van der Waals surface area contributed by atoms with Gasteiger partial charge in [0.1, 0.15) is 5.49 Å². The van der Waals surface area contributed by atoms with E-state index in [0.717, 1.165) is 55.1 Å². The summed E-state index contributed by atoms with van der Waals surface area (Å²) in [5.41, 5.74) is 9.04. The van der Waals surface area contributed by atoms with Crippen LogP contribution in [0.25, 0.3) is 71.4 Å². The van der Waals surface area contributed by atoms with Crippen molar-refractivity contribution in [2.75, 3.05) is 0 Å². The zero-order chi connectivity index (χ0) is 31.3. The molecule has 47 heavy (non-hydrogen) atoms. The number of nitrogens with one attached hydrogen (secondary N) is 2. The van der Waals surface area contributed by atoms with Crippen molar-refractivity contribution in [3.8, 4) is 27.9 Å². The predicted molar refractivity (Wildman–Crippen MR) is 194 cm³/mol. The lowest BCUT2D eigenvalue weighted by molar-refractivity contribution is 1.10. The van der Waals surface area contributed by atoms with E-state index in [1.807, 2.05) is 29.0 Å². The number of pyridine rings is 1. The number of aromatic amines is 1. The molecule has 0 fully saturated rings. The summed E-state index contributed by atoms with van der Waals surface area (Å²) in [5.74, 6) is 0.146. The Morgan fingerprint density at radius 1 is 0.553 bits per heavy atom. The zero-order valence-corrected chi connectivity index (χ0v) is 25.4. The standard InChI is InChI=1S/C42H29N5/c43-42(45-41-34(14-8-25-44-41)30-19-16-29(17-20-30)32-21-18-28-9-4-5-10-31(28)27-32)47-39-15-7-6-13-35(39)36-22-23-38-37(40(36)47)24-26-46(38)33-11-2-1-3-12-33/h1-27H,(H2,43,44,45). The van der Waals surface area contributed by atoms with Gasteiger partial charge >= 0.3 is 0 Å². The Kier molecular flexibility index (Phi) is 6.22. The molecular weight excluding hydrogens is 574 g/mol. The number of rotatable bonds is 3. The molecule has 0 saturated carbocycles. The molecule has 0 saturated heterocycles. The lowest BCUT2D eigenvalue weighted by Crippen LogP contribution is -2.17. The molecule has 3 heterocycles. The lowest BCUT2D eigenvalue weighted by atomic mass is 9.99. The Labute approximate surface area is 270 Å². The van der Waals surface area contributed by atoms with Crippen molar-refractivity contribution in [2.24, 2.45) is 4.99 Å². The van der Waals surface area contributed by atoms with Gasteiger partial charge in [0.05, 0.1) is 16.6 Å². The minimum Gasteiger partial charge on any atom is -0.346 e. The molecule has 0 spiro atoms. The van der Waals surface area contributed by atoms with Crippen LogP contribution in [-0.2, 0) is 0 Å². The fourth-order valence-electron chi connectivity index (χ4n) is 6.83. The van der Waals surface area contributed by atoms with E-state index in [1.165, 1.54) is 16.3 Å². The number of fused-ring (bicyclic) bond motifs is 6. The van der Waals surface area contributed by atoms with Crippen LogP contribution in [0.3, 0.4) is 0 Å². The van der Waals surface area contributed by atoms with Gasteiger partial charge < -0.3 is 9.55 Å². The van der Waals surface area contributed by atoms with Gasteiger partial charge in [-0.25, -0.2) is 0 Å². The van der Waals surface area contributed by atoms with E-state index in [-0.39, 0.29) is 5.96 Å². The third kappa shape index (κ3) is 4.48. The molecule has 0 atom stereocenters. The number of para-hydroxylation sites is 2. The average Bonchev–Trinajstić information content (AvgIpc) is 3.72. The summed E-state index contributed by atoms with van der Waals surface area (Å²) in [6.07, 6.45) is 3.97. The third-order valence-electron chi connectivity index (χ3n) is 9.08. The molecule has 3 aromatic heterocycles. The lowest BCUT2D eigenvalue weighted by Gasteiger charge is -2.09. The first-order valence-electron chi connectivity index (χ1n) is 15.7. The van der Waals surface area contributed by atoms with Gasteiger partial charge in [-0.05, 0) is 76.0 Å². The van der Waals surface area contributed by atoms with Gasteiger partial charge in [-0.2, -0.15) is 4.99 Å². The number of aromatic nitrogens is 3. The van der Waals surface area contributed by atoms with Crippen molar-refractivity contribution >= 4 is 49.4 Å². The van der Waals surface area contributed by atoms with Gasteiger partial charge in [0.2, 0.25) is 5.96 Å². The molecule has 0 aliphatic carbocycles. The van der Waals surface area contributed by atoms with Crippen LogP contribution in [-0.4, -0.2) is 20.1 Å². The van der Waals surface area contributed by atoms with Crippen molar-refractivity contribution in [3.05, 3.63) is 170 Å². The van der Waals surface area contributed by atoms with Crippen LogP contribution in [0.4, 0.5) is 0 Å². The monoisotopic (exact) mass is 603 g/mol. The second-order valence-electron chi connectivity index (χ2n) is 11.8. The fourth-order valence-corrected chi connectivity index (χ4v) is 6.83. The van der Waals surface area contributed by atoms with Crippen LogP contribution in [0.5, 0.6) is 0 Å². The zero-order valence-electron chi connectivity index (χ0n) is 25.4. The summed E-state index contributed by atoms with van der Waals surface area (Å²) in [6, 6.07) is 52.7. The Balaban J connectivity index is 1.16. The van der Waals surface area contributed by atoms with Crippen LogP contribution in [0.15, 0.2) is 169 Å². The Hall–Kier alpha value is -6.46. The maximum atomic E-state index is 9.44. The quantitative estimate of drug-likeness (QED) is 0.149. The van der Waals surface area contributed by atoms with Crippen molar-refractivity contribution in [1.29, 1.82) is 5.41 Å². The maximum absolute atomic E-state index is 9.44. The van der Waals surface area contributed by atoms with Crippen molar-refractivity contribution in [1.82, 2.24) is 14.1 Å². The average molecular weight is 604 g/mol. The van der Waals surface area contributed by atoms with Crippen molar-refractivity contribution in [3.63, 3.8) is 0 Å². The Morgan fingerprint density at radius 2 is 1.30 bits per heavy atom. The predicted octanol–water partition coefficient (Wildman–Crippen LogP) is 9.94. The first-order valence-corrected chi connectivity index (χ1v) is 15.7. The smallest absolute Gasteiger partial charge is 0.229 e.